The molecule has 1 amide bonds. The lowest BCUT2D eigenvalue weighted by molar-refractivity contribution is -0.132. The van der Waals surface area contributed by atoms with Crippen molar-refractivity contribution in [2.45, 2.75) is 17.9 Å². The van der Waals surface area contributed by atoms with E-state index in [2.05, 4.69) is 12.2 Å². The molecule has 0 saturated carbocycles. The van der Waals surface area contributed by atoms with Crippen LogP contribution in [0.2, 0.25) is 0 Å². The fourth-order valence-corrected chi connectivity index (χ4v) is 1.79. The van der Waals surface area contributed by atoms with E-state index in [1.54, 1.807) is 0 Å². The third kappa shape index (κ3) is 3.33. The summed E-state index contributed by atoms with van der Waals surface area (Å²) in [4.78, 5) is 10.5. The van der Waals surface area contributed by atoms with Gasteiger partial charge in [-0.1, -0.05) is 6.92 Å². The molecule has 0 bridgehead atoms. The van der Waals surface area contributed by atoms with Crippen LogP contribution in [0, 0.1) is 6.92 Å². The van der Waals surface area contributed by atoms with Crippen molar-refractivity contribution >= 4 is 16.3 Å². The molecule has 0 rings (SSSR count). The molecule has 0 aliphatic carbocycles. The topological polar surface area (TPSA) is 67.8 Å². The quantitative estimate of drug-likeness (QED) is 0.454. The van der Waals surface area contributed by atoms with Gasteiger partial charge in [0.15, 0.2) is 6.29 Å². The Bertz CT molecular complexity index is 174. The van der Waals surface area contributed by atoms with Crippen molar-refractivity contribution in [3.8, 4) is 0 Å². The zero-order valence-electron chi connectivity index (χ0n) is 8.16. The molecule has 6 heteroatoms. The van der Waals surface area contributed by atoms with Crippen molar-refractivity contribution in [1.29, 1.82) is 0 Å². The molecular weight excluding hydrogens is 190 g/mol. The van der Waals surface area contributed by atoms with Crippen LogP contribution >= 0.6 is 0 Å². The molecule has 0 aromatic heterocycles. The number of carboxylic acid groups (broad SMARTS) is 1. The molecule has 0 aliphatic rings. The van der Waals surface area contributed by atoms with Crippen molar-refractivity contribution < 1.29 is 19.4 Å². The molecule has 13 heavy (non-hydrogen) atoms. The molecule has 0 aromatic rings. The predicted octanol–water partition coefficient (Wildman–Crippen LogP) is -0.841. The maximum atomic E-state index is 10.5. The van der Waals surface area contributed by atoms with E-state index in [1.807, 2.05) is 0 Å². The second-order valence-electron chi connectivity index (χ2n) is 2.90. The number of hydrogen-bond donors (Lipinski definition) is 2. The Morgan fingerprint density at radius 3 is 2.38 bits per heavy atom. The van der Waals surface area contributed by atoms with E-state index in [0.717, 1.165) is 0 Å². The minimum atomic E-state index is -1.09. The van der Waals surface area contributed by atoms with E-state index in [4.69, 9.17) is 14.6 Å². The summed E-state index contributed by atoms with van der Waals surface area (Å²) in [6.07, 6.45) is -1.26. The second kappa shape index (κ2) is 5.20. The second-order valence-corrected chi connectivity index (χ2v) is 4.69. The first-order valence-corrected chi connectivity index (χ1v) is 4.86. The SMILES string of the molecule is [CH2]CC([SiH3])(NC(=O)O)C(OC)OC. The normalized spacial score (nSPS) is 15.7. The van der Waals surface area contributed by atoms with E-state index in [0.29, 0.717) is 16.7 Å². The lowest BCUT2D eigenvalue weighted by Crippen LogP contribution is -2.58. The highest BCUT2D eigenvalue weighted by atomic mass is 28.1. The summed E-state index contributed by atoms with van der Waals surface area (Å²) >= 11 is 0. The van der Waals surface area contributed by atoms with Gasteiger partial charge in [0.2, 0.25) is 0 Å². The third-order valence-electron chi connectivity index (χ3n) is 1.86. The monoisotopic (exact) mass is 206 g/mol. The van der Waals surface area contributed by atoms with E-state index < -0.39 is 17.5 Å². The van der Waals surface area contributed by atoms with Crippen LogP contribution in [-0.2, 0) is 9.47 Å². The van der Waals surface area contributed by atoms with Crippen molar-refractivity contribution in [3.63, 3.8) is 0 Å². The highest BCUT2D eigenvalue weighted by Crippen LogP contribution is 2.14. The van der Waals surface area contributed by atoms with Crippen molar-refractivity contribution in [1.82, 2.24) is 5.32 Å². The minimum Gasteiger partial charge on any atom is -0.465 e. The van der Waals surface area contributed by atoms with Crippen molar-refractivity contribution in [3.05, 3.63) is 6.92 Å². The lowest BCUT2D eigenvalue weighted by atomic mass is 10.2. The zero-order valence-corrected chi connectivity index (χ0v) is 10.2. The van der Waals surface area contributed by atoms with Gasteiger partial charge in [-0.2, -0.15) is 0 Å². The lowest BCUT2D eigenvalue weighted by Gasteiger charge is -2.34. The highest BCUT2D eigenvalue weighted by molar-refractivity contribution is 6.16. The van der Waals surface area contributed by atoms with Gasteiger partial charge >= 0.3 is 6.09 Å². The Morgan fingerprint density at radius 2 is 2.15 bits per heavy atom. The van der Waals surface area contributed by atoms with Gasteiger partial charge < -0.3 is 19.9 Å². The van der Waals surface area contributed by atoms with Crippen molar-refractivity contribution in [2.24, 2.45) is 0 Å². The van der Waals surface area contributed by atoms with Gasteiger partial charge in [-0.05, 0) is 6.42 Å². The van der Waals surface area contributed by atoms with E-state index in [-0.39, 0.29) is 0 Å². The molecule has 0 saturated heterocycles. The van der Waals surface area contributed by atoms with Crippen LogP contribution in [0.4, 0.5) is 4.79 Å². The molecule has 77 valence electrons. The van der Waals surface area contributed by atoms with Gasteiger partial charge in [0.25, 0.3) is 0 Å². The predicted molar refractivity (Wildman–Crippen MR) is 51.6 cm³/mol. The Hall–Kier alpha value is -0.593. The molecule has 2 N–H and O–H groups in total. The summed E-state index contributed by atoms with van der Waals surface area (Å²) < 4.78 is 10.0. The summed E-state index contributed by atoms with van der Waals surface area (Å²) in [5, 5.41) is 10.3. The molecule has 5 nitrogen and oxygen atoms in total. The van der Waals surface area contributed by atoms with Gasteiger partial charge in [-0.3, -0.25) is 0 Å². The molecule has 1 atom stereocenters. The van der Waals surface area contributed by atoms with Crippen LogP contribution in [-0.4, -0.2) is 47.1 Å². The molecule has 0 aromatic carbocycles. The largest absolute Gasteiger partial charge is 0.465 e. The van der Waals surface area contributed by atoms with Gasteiger partial charge in [-0.15, -0.1) is 0 Å². The summed E-state index contributed by atoms with van der Waals surface area (Å²) in [6.45, 7) is 3.68. The first kappa shape index (κ1) is 12.4. The Kier molecular flexibility index (Phi) is 4.97. The van der Waals surface area contributed by atoms with Gasteiger partial charge in [0.1, 0.15) is 0 Å². The van der Waals surface area contributed by atoms with E-state index >= 15 is 0 Å². The van der Waals surface area contributed by atoms with Crippen LogP contribution in [0.3, 0.4) is 0 Å². The number of carbonyl (C=O) groups is 1. The maximum Gasteiger partial charge on any atom is 0.404 e. The minimum absolute atomic E-state index is 0.401. The molecule has 0 fully saturated rings. The molecule has 1 unspecified atom stereocenters. The fourth-order valence-electron chi connectivity index (χ4n) is 1.10. The zero-order chi connectivity index (χ0) is 10.5. The molecule has 1 radical (unpaired) electrons. The van der Waals surface area contributed by atoms with Crippen LogP contribution in [0.15, 0.2) is 0 Å². The summed E-state index contributed by atoms with van der Waals surface area (Å²) in [5.41, 5.74) is 0. The molecule has 0 aliphatic heterocycles. The van der Waals surface area contributed by atoms with Crippen molar-refractivity contribution in [2.75, 3.05) is 14.2 Å². The van der Waals surface area contributed by atoms with E-state index in [1.165, 1.54) is 14.2 Å². The average molecular weight is 206 g/mol. The number of amides is 1. The van der Waals surface area contributed by atoms with Crippen LogP contribution < -0.4 is 5.32 Å². The van der Waals surface area contributed by atoms with Crippen LogP contribution in [0.5, 0.6) is 0 Å². The van der Waals surface area contributed by atoms with Crippen LogP contribution in [0.1, 0.15) is 6.42 Å². The average Bonchev–Trinajstić information content (AvgIpc) is 2.05. The number of hydrogen-bond acceptors (Lipinski definition) is 3. The van der Waals surface area contributed by atoms with E-state index in [9.17, 15) is 4.79 Å². The third-order valence-corrected chi connectivity index (χ3v) is 3.08. The number of nitrogens with one attached hydrogen (secondary N) is 1. The standard InChI is InChI=1S/C7H16NO4Si/c1-4-7(13,8-6(9)10)5(11-2)12-3/h5,8H,1,4H2,2-3,13H3,(H,9,10). The first-order valence-electron chi connectivity index (χ1n) is 3.86. The number of rotatable bonds is 5. The first-order chi connectivity index (χ1) is 6.00. The molecular formula is C7H16NO4Si. The summed E-state index contributed by atoms with van der Waals surface area (Å²) in [6, 6.07) is 0. The molecule has 0 spiro atoms. The van der Waals surface area contributed by atoms with Gasteiger partial charge in [0.05, 0.1) is 5.16 Å². The fraction of sp³-hybridized carbons (Fsp3) is 0.714. The summed E-state index contributed by atoms with van der Waals surface area (Å²) in [7, 11) is 3.51. The van der Waals surface area contributed by atoms with Crippen LogP contribution in [0.25, 0.3) is 0 Å². The maximum absolute atomic E-state index is 10.5. The number of methoxy groups -OCH3 is 2. The Labute approximate surface area is 80.8 Å². The number of ether oxygens (including phenoxy) is 2. The Balaban J connectivity index is 4.48. The molecule has 0 heterocycles. The van der Waals surface area contributed by atoms with Gasteiger partial charge in [0, 0.05) is 24.5 Å². The smallest absolute Gasteiger partial charge is 0.404 e. The Morgan fingerprint density at radius 1 is 1.69 bits per heavy atom. The van der Waals surface area contributed by atoms with Gasteiger partial charge in [-0.25, -0.2) is 4.79 Å². The highest BCUT2D eigenvalue weighted by Gasteiger charge is 2.34. The summed E-state index contributed by atoms with van der Waals surface area (Å²) in [5.74, 6) is 0.